The molecule has 0 aromatic heterocycles. The van der Waals surface area contributed by atoms with Crippen molar-refractivity contribution in [3.05, 3.63) is 29.8 Å². The average molecular weight is 223 g/mol. The van der Waals surface area contributed by atoms with Crippen molar-refractivity contribution in [3.8, 4) is 5.75 Å². The summed E-state index contributed by atoms with van der Waals surface area (Å²) in [7, 11) is 0. The molecule has 0 saturated carbocycles. The van der Waals surface area contributed by atoms with E-state index in [1.165, 1.54) is 5.56 Å². The quantitative estimate of drug-likeness (QED) is 0.738. The third-order valence-electron chi connectivity index (χ3n) is 2.51. The smallest absolute Gasteiger partial charge is 0.119 e. The lowest BCUT2D eigenvalue weighted by molar-refractivity contribution is 0.230. The molecule has 0 radical (unpaired) electrons. The van der Waals surface area contributed by atoms with Crippen LogP contribution in [-0.4, -0.2) is 24.9 Å². The van der Waals surface area contributed by atoms with Crippen LogP contribution >= 0.6 is 0 Å². The van der Waals surface area contributed by atoms with E-state index in [9.17, 15) is 0 Å². The Morgan fingerprint density at radius 3 is 2.50 bits per heavy atom. The van der Waals surface area contributed by atoms with E-state index in [-0.39, 0.29) is 12.5 Å². The minimum atomic E-state index is 0.143. The minimum Gasteiger partial charge on any atom is -0.494 e. The molecule has 1 aromatic rings. The van der Waals surface area contributed by atoms with Crippen molar-refractivity contribution in [2.24, 2.45) is 11.7 Å². The van der Waals surface area contributed by atoms with Crippen LogP contribution in [0.15, 0.2) is 24.3 Å². The number of hydrogen-bond acceptors (Lipinski definition) is 3. The lowest BCUT2D eigenvalue weighted by Gasteiger charge is -2.11. The summed E-state index contributed by atoms with van der Waals surface area (Å²) in [4.78, 5) is 0. The van der Waals surface area contributed by atoms with Crippen molar-refractivity contribution < 1.29 is 9.84 Å². The van der Waals surface area contributed by atoms with Crippen molar-refractivity contribution in [1.29, 1.82) is 0 Å². The van der Waals surface area contributed by atoms with Gasteiger partial charge < -0.3 is 15.6 Å². The van der Waals surface area contributed by atoms with Crippen LogP contribution in [0.2, 0.25) is 0 Å². The Labute approximate surface area is 97.2 Å². The van der Waals surface area contributed by atoms with E-state index in [4.69, 9.17) is 15.6 Å². The number of benzene rings is 1. The van der Waals surface area contributed by atoms with Crippen molar-refractivity contribution >= 4 is 0 Å². The minimum absolute atomic E-state index is 0.143. The van der Waals surface area contributed by atoms with Gasteiger partial charge in [0.1, 0.15) is 5.75 Å². The maximum Gasteiger partial charge on any atom is 0.119 e. The number of aliphatic hydroxyl groups excluding tert-OH is 1. The molecule has 3 nitrogen and oxygen atoms in total. The zero-order valence-electron chi connectivity index (χ0n) is 9.86. The summed E-state index contributed by atoms with van der Waals surface area (Å²) in [6.45, 7) is 3.50. The van der Waals surface area contributed by atoms with E-state index in [0.29, 0.717) is 6.54 Å². The number of nitrogens with two attached hydrogens (primary N) is 1. The molecule has 1 aromatic carbocycles. The fraction of sp³-hybridized carbons (Fsp3) is 0.538. The van der Waals surface area contributed by atoms with Crippen LogP contribution in [0.1, 0.15) is 18.9 Å². The number of rotatable bonds is 7. The van der Waals surface area contributed by atoms with Gasteiger partial charge in [-0.05, 0) is 43.0 Å². The maximum absolute atomic E-state index is 9.05. The highest BCUT2D eigenvalue weighted by molar-refractivity contribution is 5.27. The Hall–Kier alpha value is -1.06. The van der Waals surface area contributed by atoms with E-state index in [1.807, 2.05) is 24.3 Å². The molecule has 1 rings (SSSR count). The molecule has 0 bridgehead atoms. The second-order valence-corrected chi connectivity index (χ2v) is 3.98. The highest BCUT2D eigenvalue weighted by atomic mass is 16.5. The zero-order chi connectivity index (χ0) is 11.8. The normalized spacial score (nSPS) is 12.4. The molecule has 0 spiro atoms. The van der Waals surface area contributed by atoms with Crippen LogP contribution in [0.4, 0.5) is 0 Å². The zero-order valence-corrected chi connectivity index (χ0v) is 9.86. The molecule has 0 fully saturated rings. The largest absolute Gasteiger partial charge is 0.494 e. The van der Waals surface area contributed by atoms with Crippen molar-refractivity contribution in [3.63, 3.8) is 0 Å². The molecule has 0 amide bonds. The third kappa shape index (κ3) is 4.21. The molecular formula is C13H21NO2. The summed E-state index contributed by atoms with van der Waals surface area (Å²) in [6.07, 6.45) is 1.84. The lowest BCUT2D eigenvalue weighted by atomic mass is 10.0. The highest BCUT2D eigenvalue weighted by Crippen LogP contribution is 2.15. The van der Waals surface area contributed by atoms with Gasteiger partial charge in [0.15, 0.2) is 0 Å². The van der Waals surface area contributed by atoms with E-state index >= 15 is 0 Å². The summed E-state index contributed by atoms with van der Waals surface area (Å²) in [5.41, 5.74) is 6.73. The summed E-state index contributed by atoms with van der Waals surface area (Å²) >= 11 is 0. The molecule has 0 aliphatic rings. The topological polar surface area (TPSA) is 55.5 Å². The van der Waals surface area contributed by atoms with Crippen LogP contribution < -0.4 is 10.5 Å². The summed E-state index contributed by atoms with van der Waals surface area (Å²) in [5.74, 6) is 1.06. The van der Waals surface area contributed by atoms with Crippen LogP contribution in [-0.2, 0) is 6.42 Å². The molecule has 3 heteroatoms. The van der Waals surface area contributed by atoms with Gasteiger partial charge >= 0.3 is 0 Å². The number of aliphatic hydroxyl groups is 1. The van der Waals surface area contributed by atoms with Gasteiger partial charge in [0.05, 0.1) is 6.61 Å². The summed E-state index contributed by atoms with van der Waals surface area (Å²) in [5, 5.41) is 9.05. The molecule has 1 unspecified atom stereocenters. The Balaban J connectivity index is 2.50. The predicted molar refractivity (Wildman–Crippen MR) is 65.6 cm³/mol. The molecular weight excluding hydrogens is 202 g/mol. The van der Waals surface area contributed by atoms with Crippen LogP contribution in [0.5, 0.6) is 5.75 Å². The van der Waals surface area contributed by atoms with E-state index in [2.05, 4.69) is 6.92 Å². The monoisotopic (exact) mass is 223 g/mol. The fourth-order valence-corrected chi connectivity index (χ4v) is 1.50. The SMILES string of the molecule is CCCOc1ccc(CC(CN)CO)cc1. The fourth-order valence-electron chi connectivity index (χ4n) is 1.50. The van der Waals surface area contributed by atoms with Gasteiger partial charge in [-0.3, -0.25) is 0 Å². The van der Waals surface area contributed by atoms with Gasteiger partial charge in [0.25, 0.3) is 0 Å². The molecule has 0 aliphatic carbocycles. The standard InChI is InChI=1S/C13H21NO2/c1-2-7-16-13-5-3-11(4-6-13)8-12(9-14)10-15/h3-6,12,15H,2,7-10,14H2,1H3. The second-order valence-electron chi connectivity index (χ2n) is 3.98. The number of ether oxygens (including phenoxy) is 1. The van der Waals surface area contributed by atoms with Crippen LogP contribution in [0, 0.1) is 5.92 Å². The average Bonchev–Trinajstić information content (AvgIpc) is 2.35. The highest BCUT2D eigenvalue weighted by Gasteiger charge is 2.06. The summed E-state index contributed by atoms with van der Waals surface area (Å²) in [6, 6.07) is 8.00. The van der Waals surface area contributed by atoms with E-state index < -0.39 is 0 Å². The summed E-state index contributed by atoms with van der Waals surface area (Å²) < 4.78 is 5.49. The Morgan fingerprint density at radius 1 is 1.31 bits per heavy atom. The van der Waals surface area contributed by atoms with Gasteiger partial charge in [0, 0.05) is 6.61 Å². The first-order chi connectivity index (χ1) is 7.80. The molecule has 0 aliphatic heterocycles. The first kappa shape index (κ1) is 13.0. The first-order valence-electron chi connectivity index (χ1n) is 5.82. The molecule has 3 N–H and O–H groups in total. The molecule has 90 valence electrons. The Morgan fingerprint density at radius 2 is 2.00 bits per heavy atom. The van der Waals surface area contributed by atoms with Gasteiger partial charge in [-0.1, -0.05) is 19.1 Å². The van der Waals surface area contributed by atoms with Crippen LogP contribution in [0.3, 0.4) is 0 Å². The van der Waals surface area contributed by atoms with Crippen molar-refractivity contribution in [1.82, 2.24) is 0 Å². The Kier molecular flexibility index (Phi) is 5.90. The molecule has 1 atom stereocenters. The second kappa shape index (κ2) is 7.25. The molecule has 0 saturated heterocycles. The maximum atomic E-state index is 9.05. The van der Waals surface area contributed by atoms with Gasteiger partial charge in [0.2, 0.25) is 0 Å². The predicted octanol–water partition coefficient (Wildman–Crippen LogP) is 1.59. The number of hydrogen-bond donors (Lipinski definition) is 2. The van der Waals surface area contributed by atoms with Gasteiger partial charge in [-0.25, -0.2) is 0 Å². The van der Waals surface area contributed by atoms with E-state index in [0.717, 1.165) is 25.2 Å². The lowest BCUT2D eigenvalue weighted by Crippen LogP contribution is -2.20. The third-order valence-corrected chi connectivity index (χ3v) is 2.51. The first-order valence-corrected chi connectivity index (χ1v) is 5.82. The van der Waals surface area contributed by atoms with Crippen molar-refractivity contribution in [2.75, 3.05) is 19.8 Å². The molecule has 16 heavy (non-hydrogen) atoms. The van der Waals surface area contributed by atoms with Gasteiger partial charge in [-0.2, -0.15) is 0 Å². The van der Waals surface area contributed by atoms with Crippen molar-refractivity contribution in [2.45, 2.75) is 19.8 Å². The Bertz CT molecular complexity index is 280. The molecule has 0 heterocycles. The van der Waals surface area contributed by atoms with Gasteiger partial charge in [-0.15, -0.1) is 0 Å². The van der Waals surface area contributed by atoms with E-state index in [1.54, 1.807) is 0 Å². The van der Waals surface area contributed by atoms with Crippen LogP contribution in [0.25, 0.3) is 0 Å².